The van der Waals surface area contributed by atoms with Crippen molar-refractivity contribution in [1.82, 2.24) is 4.90 Å². The van der Waals surface area contributed by atoms with Crippen LogP contribution in [0.3, 0.4) is 0 Å². The summed E-state index contributed by atoms with van der Waals surface area (Å²) in [5, 5.41) is 10.4. The lowest BCUT2D eigenvalue weighted by Gasteiger charge is -2.14. The van der Waals surface area contributed by atoms with Gasteiger partial charge in [-0.2, -0.15) is 0 Å². The minimum Gasteiger partial charge on any atom is -0.493 e. The molecule has 2 amide bonds. The molecule has 3 rings (SSSR count). The molecule has 10 nitrogen and oxygen atoms in total. The van der Waals surface area contributed by atoms with Gasteiger partial charge >= 0.3 is 5.97 Å². The van der Waals surface area contributed by atoms with E-state index >= 15 is 0 Å². The number of hydrogen-bond donors (Lipinski definition) is 0. The van der Waals surface area contributed by atoms with Crippen molar-refractivity contribution in [2.75, 3.05) is 20.8 Å². The Morgan fingerprint density at radius 1 is 1.24 bits per heavy atom. The summed E-state index contributed by atoms with van der Waals surface area (Å²) in [4.78, 5) is 47.5. The minimum atomic E-state index is -0.694. The fourth-order valence-electron chi connectivity index (χ4n) is 2.86. The molecular weight excluding hydrogens is 567 g/mol. The quantitative estimate of drug-likeness (QED) is 0.149. The van der Waals surface area contributed by atoms with Gasteiger partial charge in [-0.05, 0) is 63.7 Å². The maximum atomic E-state index is 12.5. The third-order valence-electron chi connectivity index (χ3n) is 4.44. The summed E-state index contributed by atoms with van der Waals surface area (Å²) in [5.74, 6) is -0.469. The zero-order valence-electron chi connectivity index (χ0n) is 17.4. The third-order valence-corrected chi connectivity index (χ3v) is 6.15. The van der Waals surface area contributed by atoms with Crippen LogP contribution < -0.4 is 9.47 Å². The van der Waals surface area contributed by atoms with Gasteiger partial charge in [0, 0.05) is 12.1 Å². The highest BCUT2D eigenvalue weighted by Gasteiger charge is 2.36. The first-order valence-corrected chi connectivity index (χ1v) is 11.2. The van der Waals surface area contributed by atoms with Crippen LogP contribution in [0.5, 0.6) is 11.5 Å². The van der Waals surface area contributed by atoms with E-state index in [0.717, 1.165) is 16.7 Å². The molecule has 12 heteroatoms. The summed E-state index contributed by atoms with van der Waals surface area (Å²) in [7, 11) is 2.63. The van der Waals surface area contributed by atoms with Crippen LogP contribution in [0, 0.1) is 13.7 Å². The minimum absolute atomic E-state index is 0.0331. The number of amides is 2. The van der Waals surface area contributed by atoms with Crippen molar-refractivity contribution in [1.29, 1.82) is 0 Å². The smallest absolute Gasteiger partial charge is 0.325 e. The van der Waals surface area contributed by atoms with Crippen molar-refractivity contribution in [3.63, 3.8) is 0 Å². The molecule has 0 spiro atoms. The topological polar surface area (TPSA) is 125 Å². The first-order valence-electron chi connectivity index (χ1n) is 9.29. The molecule has 2 aromatic rings. The number of halogens is 1. The number of rotatable bonds is 8. The third kappa shape index (κ3) is 5.82. The fourth-order valence-corrected chi connectivity index (χ4v) is 4.48. The Morgan fingerprint density at radius 3 is 2.67 bits per heavy atom. The number of nitro groups is 1. The van der Waals surface area contributed by atoms with Crippen LogP contribution >= 0.6 is 34.4 Å². The van der Waals surface area contributed by atoms with Crippen molar-refractivity contribution < 1.29 is 33.5 Å². The normalized spacial score (nSPS) is 14.5. The summed E-state index contributed by atoms with van der Waals surface area (Å²) in [6, 6.07) is 9.49. The van der Waals surface area contributed by atoms with Crippen molar-refractivity contribution in [3.05, 3.63) is 66.1 Å². The monoisotopic (exact) mass is 584 g/mol. The van der Waals surface area contributed by atoms with Gasteiger partial charge < -0.3 is 14.2 Å². The molecule has 1 fully saturated rings. The van der Waals surface area contributed by atoms with E-state index in [4.69, 9.17) is 9.47 Å². The summed E-state index contributed by atoms with van der Waals surface area (Å²) in [6.07, 6.45) is 1.52. The molecule has 1 saturated heterocycles. The van der Waals surface area contributed by atoms with Crippen LogP contribution in [-0.2, 0) is 20.9 Å². The average Bonchev–Trinajstić information content (AvgIpc) is 3.05. The Morgan fingerprint density at radius 2 is 2.00 bits per heavy atom. The highest BCUT2D eigenvalue weighted by molar-refractivity contribution is 14.1. The van der Waals surface area contributed by atoms with Crippen molar-refractivity contribution in [2.24, 2.45) is 0 Å². The molecule has 1 heterocycles. The molecule has 0 unspecified atom stereocenters. The Hall–Kier alpha value is -3.13. The molecule has 0 N–H and O–H groups in total. The molecule has 172 valence electrons. The van der Waals surface area contributed by atoms with E-state index in [1.165, 1.54) is 32.4 Å². The van der Waals surface area contributed by atoms with Gasteiger partial charge in [0.15, 0.2) is 11.5 Å². The molecule has 1 aliphatic heterocycles. The Balaban J connectivity index is 1.81. The Labute approximate surface area is 206 Å². The van der Waals surface area contributed by atoms with Gasteiger partial charge in [0.2, 0.25) is 0 Å². The van der Waals surface area contributed by atoms with Crippen LogP contribution in [0.4, 0.5) is 10.5 Å². The number of methoxy groups -OCH3 is 2. The zero-order chi connectivity index (χ0) is 24.1. The van der Waals surface area contributed by atoms with Gasteiger partial charge in [0.25, 0.3) is 16.8 Å². The second-order valence-corrected chi connectivity index (χ2v) is 8.75. The van der Waals surface area contributed by atoms with E-state index < -0.39 is 28.6 Å². The van der Waals surface area contributed by atoms with Crippen LogP contribution in [0.25, 0.3) is 6.08 Å². The summed E-state index contributed by atoms with van der Waals surface area (Å²) in [6.45, 7) is -0.371. The van der Waals surface area contributed by atoms with Crippen LogP contribution in [-0.4, -0.2) is 47.7 Å². The highest BCUT2D eigenvalue weighted by atomic mass is 127. The molecule has 0 aliphatic carbocycles. The Kier molecular flexibility index (Phi) is 7.92. The standard InChI is InChI=1S/C21H17IN2O8S/c1-30-16-8-13(9-17-20(26)23(21(27)33-17)10-18(25)31-2)7-15(22)19(16)32-11-12-4-3-5-14(6-12)24(28)29/h3-9H,10-11H2,1-2H3. The number of benzene rings is 2. The first-order chi connectivity index (χ1) is 15.7. The highest BCUT2D eigenvalue weighted by Crippen LogP contribution is 2.37. The van der Waals surface area contributed by atoms with Gasteiger partial charge in [0.1, 0.15) is 13.2 Å². The number of carbonyl (C=O) groups is 3. The number of nitrogens with zero attached hydrogens (tertiary/aromatic N) is 2. The molecular formula is C21H17IN2O8S. The van der Waals surface area contributed by atoms with Gasteiger partial charge in [-0.25, -0.2) is 0 Å². The van der Waals surface area contributed by atoms with Crippen LogP contribution in [0.15, 0.2) is 41.3 Å². The number of carbonyl (C=O) groups excluding carboxylic acids is 3. The summed E-state index contributed by atoms with van der Waals surface area (Å²) < 4.78 is 16.5. The number of ether oxygens (including phenoxy) is 3. The van der Waals surface area contributed by atoms with Gasteiger partial charge in [-0.3, -0.25) is 29.4 Å². The lowest BCUT2D eigenvalue weighted by atomic mass is 10.1. The molecule has 0 atom stereocenters. The van der Waals surface area contributed by atoms with Gasteiger partial charge in [-0.15, -0.1) is 0 Å². The fraction of sp³-hybridized carbons (Fsp3) is 0.190. The van der Waals surface area contributed by atoms with Gasteiger partial charge in [0.05, 0.1) is 27.6 Å². The molecule has 0 bridgehead atoms. The summed E-state index contributed by atoms with van der Waals surface area (Å²) >= 11 is 2.77. The second kappa shape index (κ2) is 10.7. The Bertz CT molecular complexity index is 1170. The van der Waals surface area contributed by atoms with E-state index in [0.29, 0.717) is 26.2 Å². The number of imide groups is 1. The number of hydrogen-bond acceptors (Lipinski definition) is 9. The molecule has 2 aromatic carbocycles. The lowest BCUT2D eigenvalue weighted by Crippen LogP contribution is -2.34. The number of thioether (sulfide) groups is 1. The zero-order valence-corrected chi connectivity index (χ0v) is 20.4. The number of non-ortho nitro benzene ring substituents is 1. The van der Waals surface area contributed by atoms with E-state index in [2.05, 4.69) is 4.74 Å². The molecule has 1 aliphatic rings. The van der Waals surface area contributed by atoms with Crippen LogP contribution in [0.2, 0.25) is 0 Å². The maximum Gasteiger partial charge on any atom is 0.325 e. The van der Waals surface area contributed by atoms with Crippen molar-refractivity contribution in [2.45, 2.75) is 6.61 Å². The predicted octanol–water partition coefficient (Wildman–Crippen LogP) is 4.00. The molecule has 0 saturated carbocycles. The maximum absolute atomic E-state index is 12.5. The molecule has 0 radical (unpaired) electrons. The lowest BCUT2D eigenvalue weighted by molar-refractivity contribution is -0.384. The predicted molar refractivity (Wildman–Crippen MR) is 128 cm³/mol. The largest absolute Gasteiger partial charge is 0.493 e. The van der Waals surface area contributed by atoms with E-state index in [1.54, 1.807) is 24.3 Å². The SMILES string of the molecule is COC(=O)CN1C(=O)SC(=Cc2cc(I)c(OCc3cccc([N+](=O)[O-])c3)c(OC)c2)C1=O. The van der Waals surface area contributed by atoms with Crippen molar-refractivity contribution in [3.8, 4) is 11.5 Å². The van der Waals surface area contributed by atoms with Crippen molar-refractivity contribution >= 4 is 63.2 Å². The second-order valence-electron chi connectivity index (χ2n) is 6.59. The average molecular weight is 584 g/mol. The molecule has 33 heavy (non-hydrogen) atoms. The van der Waals surface area contributed by atoms with E-state index in [9.17, 15) is 24.5 Å². The molecule has 0 aromatic heterocycles. The summed E-state index contributed by atoms with van der Waals surface area (Å²) in [5.41, 5.74) is 1.17. The number of esters is 1. The number of nitro benzene ring substituents is 1. The van der Waals surface area contributed by atoms with E-state index in [-0.39, 0.29) is 17.2 Å². The van der Waals surface area contributed by atoms with E-state index in [1.807, 2.05) is 22.6 Å². The van der Waals surface area contributed by atoms with Gasteiger partial charge in [-0.1, -0.05) is 12.1 Å². The van der Waals surface area contributed by atoms with Crippen LogP contribution in [0.1, 0.15) is 11.1 Å². The first kappa shape index (κ1) is 24.5.